The fourth-order valence-corrected chi connectivity index (χ4v) is 52.3. The SMILES string of the molecule is C[Si](C)(C)[C+]([Si](C)(C)[O-])[Si](C)(C)c1ccccn1.C[Si](C)(C)[C+]([Si](C)(C)[O-])[Si](C)(C)c1ccccn1.[Ni].[Ni]. The van der Waals surface area contributed by atoms with E-state index < -0.39 is 48.9 Å². The van der Waals surface area contributed by atoms with Crippen LogP contribution in [0.25, 0.3) is 0 Å². The van der Waals surface area contributed by atoms with Crippen molar-refractivity contribution in [3.63, 3.8) is 0 Å². The summed E-state index contributed by atoms with van der Waals surface area (Å²) in [6.45, 7) is 30.9. The zero-order chi connectivity index (χ0) is 28.4. The molecule has 2 heterocycles. The van der Waals surface area contributed by atoms with E-state index in [9.17, 15) is 9.59 Å². The van der Waals surface area contributed by atoms with Gasteiger partial charge in [0, 0.05) is 45.4 Å². The molecular formula is C26H50N2Ni2O2Si6. The van der Waals surface area contributed by atoms with Crippen LogP contribution in [0.15, 0.2) is 48.8 Å². The molecule has 0 aliphatic rings. The molecule has 0 spiro atoms. The molecule has 12 heteroatoms. The largest absolute Gasteiger partial charge is 0.824 e. The molecule has 0 aliphatic heterocycles. The van der Waals surface area contributed by atoms with Gasteiger partial charge in [-0.3, -0.25) is 9.97 Å². The molecule has 0 amide bonds. The van der Waals surface area contributed by atoms with Gasteiger partial charge in [-0.2, -0.15) is 0 Å². The maximum absolute atomic E-state index is 12.8. The summed E-state index contributed by atoms with van der Waals surface area (Å²) in [5, 5.41) is 2.33. The smallest absolute Gasteiger partial charge is 0.281 e. The molecule has 220 valence electrons. The summed E-state index contributed by atoms with van der Waals surface area (Å²) in [7, 11) is -11.8. The quantitative estimate of drug-likeness (QED) is 0.305. The number of nitrogens with zero attached hydrogens (tertiary/aromatic N) is 2. The Labute approximate surface area is 260 Å². The zero-order valence-corrected chi connectivity index (χ0v) is 33.9. The van der Waals surface area contributed by atoms with E-state index in [2.05, 4.69) is 87.6 Å². The summed E-state index contributed by atoms with van der Waals surface area (Å²) >= 11 is 0. The van der Waals surface area contributed by atoms with Crippen molar-refractivity contribution in [1.82, 2.24) is 9.97 Å². The van der Waals surface area contributed by atoms with Crippen molar-refractivity contribution in [3.05, 3.63) is 58.4 Å². The molecule has 2 aromatic heterocycles. The first-order valence-corrected chi connectivity index (χ1v) is 31.8. The van der Waals surface area contributed by atoms with E-state index in [1.165, 1.54) is 20.2 Å². The Hall–Kier alpha value is 0.248. The third kappa shape index (κ3) is 10.9. The minimum atomic E-state index is -2.49. The van der Waals surface area contributed by atoms with Crippen LogP contribution >= 0.6 is 0 Å². The van der Waals surface area contributed by atoms with Gasteiger partial charge in [0.15, 0.2) is 0 Å². The Kier molecular flexibility index (Phi) is 15.3. The van der Waals surface area contributed by atoms with Gasteiger partial charge >= 0.3 is 0 Å². The van der Waals surface area contributed by atoms with Crippen LogP contribution in [0.2, 0.25) is 91.7 Å². The van der Waals surface area contributed by atoms with E-state index in [1.54, 1.807) is 0 Å². The van der Waals surface area contributed by atoms with Crippen LogP contribution < -0.4 is 20.2 Å². The maximum Gasteiger partial charge on any atom is 0.281 e. The fourth-order valence-electron chi connectivity index (χ4n) is 6.91. The summed E-state index contributed by atoms with van der Waals surface area (Å²) in [5.41, 5.74) is 0. The van der Waals surface area contributed by atoms with Crippen LogP contribution in [-0.4, -0.2) is 58.9 Å². The van der Waals surface area contributed by atoms with E-state index in [4.69, 9.17) is 0 Å². The molecule has 2 rings (SSSR count). The molecule has 0 aliphatic carbocycles. The van der Waals surface area contributed by atoms with Gasteiger partial charge in [-0.25, -0.2) is 0 Å². The maximum atomic E-state index is 12.8. The summed E-state index contributed by atoms with van der Waals surface area (Å²) in [5.74, 6) is 0. The van der Waals surface area contributed by atoms with Crippen molar-refractivity contribution in [3.8, 4) is 0 Å². The predicted molar refractivity (Wildman–Crippen MR) is 171 cm³/mol. The predicted octanol–water partition coefficient (Wildman–Crippen LogP) is 4.18. The molecule has 0 saturated heterocycles. The fraction of sp³-hybridized carbons (Fsp3) is 0.538. The number of rotatable bonds is 8. The average Bonchev–Trinajstić information content (AvgIpc) is 2.64. The van der Waals surface area contributed by atoms with E-state index in [0.29, 0.717) is 0 Å². The molecule has 0 N–H and O–H groups in total. The Morgan fingerprint density at radius 1 is 0.500 bits per heavy atom. The minimum Gasteiger partial charge on any atom is -0.824 e. The van der Waals surface area contributed by atoms with Crippen molar-refractivity contribution in [2.75, 3.05) is 0 Å². The van der Waals surface area contributed by atoms with Crippen LogP contribution in [0.3, 0.4) is 0 Å². The first-order chi connectivity index (χ1) is 15.9. The van der Waals surface area contributed by atoms with Gasteiger partial charge in [0.05, 0.1) is 10.6 Å². The van der Waals surface area contributed by atoms with Crippen LogP contribution in [0.4, 0.5) is 0 Å². The zero-order valence-electron chi connectivity index (χ0n) is 26.0. The summed E-state index contributed by atoms with van der Waals surface area (Å²) in [6, 6.07) is 12.2. The molecule has 0 fully saturated rings. The minimum absolute atomic E-state index is 0. The second-order valence-corrected chi connectivity index (χ2v) is 42.5. The monoisotopic (exact) mass is 706 g/mol. The number of hydrogen-bond acceptors (Lipinski definition) is 4. The van der Waals surface area contributed by atoms with Gasteiger partial charge in [-0.1, -0.05) is 21.7 Å². The Morgan fingerprint density at radius 3 is 0.921 bits per heavy atom. The third-order valence-electron chi connectivity index (χ3n) is 6.56. The number of pyridine rings is 2. The number of aromatic nitrogens is 2. The van der Waals surface area contributed by atoms with Crippen LogP contribution in [-0.2, 0) is 33.0 Å². The summed E-state index contributed by atoms with van der Waals surface area (Å²) < 4.78 is 0. The Bertz CT molecular complexity index is 849. The molecule has 0 radical (unpaired) electrons. The summed E-state index contributed by atoms with van der Waals surface area (Å²) in [4.78, 5) is 37.5. The van der Waals surface area contributed by atoms with Gasteiger partial charge in [0.1, 0.15) is 16.6 Å². The van der Waals surface area contributed by atoms with E-state index >= 15 is 0 Å². The molecule has 0 bridgehead atoms. The van der Waals surface area contributed by atoms with Gasteiger partial charge < -0.3 is 9.59 Å². The first-order valence-electron chi connectivity index (χ1n) is 12.9. The average molecular weight is 709 g/mol. The van der Waals surface area contributed by atoms with E-state index in [1.807, 2.05) is 62.8 Å². The van der Waals surface area contributed by atoms with Crippen LogP contribution in [0.1, 0.15) is 0 Å². The van der Waals surface area contributed by atoms with Crippen molar-refractivity contribution in [2.45, 2.75) is 91.7 Å². The van der Waals surface area contributed by atoms with Gasteiger partial charge in [0.25, 0.3) is 16.1 Å². The Morgan fingerprint density at radius 2 is 0.763 bits per heavy atom. The third-order valence-corrected chi connectivity index (χ3v) is 41.4. The molecule has 0 atom stereocenters. The second kappa shape index (κ2) is 14.4. The van der Waals surface area contributed by atoms with Gasteiger partial charge in [0.2, 0.25) is 16.1 Å². The molecule has 0 unspecified atom stereocenters. The van der Waals surface area contributed by atoms with Crippen LogP contribution in [0.5, 0.6) is 0 Å². The first kappa shape index (κ1) is 40.4. The van der Waals surface area contributed by atoms with Crippen molar-refractivity contribution in [2.24, 2.45) is 0 Å². The summed E-state index contributed by atoms with van der Waals surface area (Å²) in [6.07, 6.45) is 3.70. The van der Waals surface area contributed by atoms with E-state index in [0.717, 1.165) is 0 Å². The van der Waals surface area contributed by atoms with Crippen molar-refractivity contribution >= 4 is 59.6 Å². The molecule has 0 saturated carbocycles. The second-order valence-electron chi connectivity index (χ2n) is 14.0. The molecule has 2 aromatic rings. The van der Waals surface area contributed by atoms with Crippen molar-refractivity contribution < 1.29 is 42.6 Å². The van der Waals surface area contributed by atoms with Crippen molar-refractivity contribution in [1.29, 1.82) is 0 Å². The topological polar surface area (TPSA) is 71.9 Å². The molecular weight excluding hydrogens is 658 g/mol. The van der Waals surface area contributed by atoms with Gasteiger partial charge in [-0.05, 0) is 116 Å². The van der Waals surface area contributed by atoms with Crippen LogP contribution in [0, 0.1) is 9.58 Å². The normalized spacial score (nSPS) is 12.8. The molecule has 0 aromatic carbocycles. The standard InChI is InChI=1S/2C13H25NOSi3.2Ni/c2*1-16(2,3)13(18(6,7)15)17(4,5)12-10-8-9-11-14-12;;/h2*8-11H,1-7H3;;. The molecule has 4 nitrogen and oxygen atoms in total. The Balaban J connectivity index is 0. The van der Waals surface area contributed by atoms with E-state index in [-0.39, 0.29) is 33.0 Å². The van der Waals surface area contributed by atoms with Gasteiger partial charge in [-0.15, -0.1) is 0 Å². The number of hydrogen-bond donors (Lipinski definition) is 0. The molecule has 38 heavy (non-hydrogen) atoms.